The maximum absolute atomic E-state index is 9.93. The molecule has 1 aromatic carbocycles. The molecule has 0 radical (unpaired) electrons. The number of anilines is 2. The Morgan fingerprint density at radius 3 is 2.92 bits per heavy atom. The highest BCUT2D eigenvalue weighted by atomic mass is 35.5. The van der Waals surface area contributed by atoms with Gasteiger partial charge in [-0.05, 0) is 36.6 Å². The number of aromatic nitrogens is 4. The highest BCUT2D eigenvalue weighted by molar-refractivity contribution is 6.28. The molecule has 8 nitrogen and oxygen atoms in total. The van der Waals surface area contributed by atoms with E-state index in [1.165, 1.54) is 18.2 Å². The number of rotatable bonds is 3. The summed E-state index contributed by atoms with van der Waals surface area (Å²) in [6.07, 6.45) is 3.40. The summed E-state index contributed by atoms with van der Waals surface area (Å²) < 4.78 is 7.50. The third-order valence-corrected chi connectivity index (χ3v) is 4.01. The second-order valence-corrected chi connectivity index (χ2v) is 5.80. The lowest BCUT2D eigenvalue weighted by atomic mass is 10.2. The topological polar surface area (TPSA) is 105 Å². The number of ether oxygens (including phenoxy) is 1. The molecule has 1 aliphatic rings. The molecule has 1 aliphatic heterocycles. The first-order chi connectivity index (χ1) is 11.6. The lowest BCUT2D eigenvalue weighted by Crippen LogP contribution is -2.07. The van der Waals surface area contributed by atoms with Gasteiger partial charge in [0.05, 0.1) is 12.0 Å². The maximum Gasteiger partial charge on any atom is 0.226 e. The lowest BCUT2D eigenvalue weighted by Gasteiger charge is -2.12. The van der Waals surface area contributed by atoms with Crippen molar-refractivity contribution in [2.24, 2.45) is 0 Å². The third kappa shape index (κ3) is 2.59. The molecule has 24 heavy (non-hydrogen) atoms. The summed E-state index contributed by atoms with van der Waals surface area (Å²) in [4.78, 5) is 12.8. The molecule has 0 spiro atoms. The fourth-order valence-corrected chi connectivity index (χ4v) is 2.89. The second-order valence-electron chi connectivity index (χ2n) is 5.46. The van der Waals surface area contributed by atoms with Crippen molar-refractivity contribution in [3.05, 3.63) is 29.8 Å². The summed E-state index contributed by atoms with van der Waals surface area (Å²) >= 11 is 6.04. The van der Waals surface area contributed by atoms with Crippen LogP contribution in [-0.2, 0) is 4.74 Å². The van der Waals surface area contributed by atoms with E-state index in [1.54, 1.807) is 6.33 Å². The Morgan fingerprint density at radius 2 is 2.17 bits per heavy atom. The van der Waals surface area contributed by atoms with Crippen LogP contribution in [0.15, 0.2) is 24.5 Å². The van der Waals surface area contributed by atoms with Crippen LogP contribution in [0.25, 0.3) is 11.2 Å². The van der Waals surface area contributed by atoms with E-state index < -0.39 is 0 Å². The molecular formula is C15H14ClN5O3. The van der Waals surface area contributed by atoms with Crippen molar-refractivity contribution in [3.63, 3.8) is 0 Å². The van der Waals surface area contributed by atoms with Crippen LogP contribution in [-0.4, -0.2) is 36.3 Å². The van der Waals surface area contributed by atoms with Gasteiger partial charge in [0.25, 0.3) is 0 Å². The molecule has 1 unspecified atom stereocenters. The van der Waals surface area contributed by atoms with Gasteiger partial charge in [-0.3, -0.25) is 4.57 Å². The molecule has 3 aromatic rings. The highest BCUT2D eigenvalue weighted by Gasteiger charge is 2.22. The van der Waals surface area contributed by atoms with Crippen molar-refractivity contribution in [1.82, 2.24) is 19.5 Å². The Kier molecular flexibility index (Phi) is 3.62. The third-order valence-electron chi connectivity index (χ3n) is 3.84. The SMILES string of the molecule is Oc1ccc(Nc2nc(Cl)nc3c2ncn3C2CCCO2)c(O)c1. The molecule has 0 saturated carbocycles. The quantitative estimate of drug-likeness (QED) is 0.380. The smallest absolute Gasteiger partial charge is 0.226 e. The largest absolute Gasteiger partial charge is 0.508 e. The van der Waals surface area contributed by atoms with E-state index in [0.717, 1.165) is 12.8 Å². The van der Waals surface area contributed by atoms with Gasteiger partial charge >= 0.3 is 0 Å². The number of phenols is 2. The summed E-state index contributed by atoms with van der Waals surface area (Å²) in [6, 6.07) is 4.21. The van der Waals surface area contributed by atoms with E-state index in [1.807, 2.05) is 4.57 Å². The van der Waals surface area contributed by atoms with Gasteiger partial charge in [-0.15, -0.1) is 0 Å². The summed E-state index contributed by atoms with van der Waals surface area (Å²) in [5.41, 5.74) is 1.44. The average molecular weight is 348 g/mol. The molecule has 124 valence electrons. The second kappa shape index (κ2) is 5.81. The van der Waals surface area contributed by atoms with Crippen LogP contribution in [0.5, 0.6) is 11.5 Å². The fraction of sp³-hybridized carbons (Fsp3) is 0.267. The van der Waals surface area contributed by atoms with Gasteiger partial charge in [-0.25, -0.2) is 4.98 Å². The van der Waals surface area contributed by atoms with Crippen LogP contribution in [0.4, 0.5) is 11.5 Å². The van der Waals surface area contributed by atoms with Gasteiger partial charge in [0, 0.05) is 12.7 Å². The number of phenolic OH excluding ortho intramolecular Hbond substituents is 2. The number of hydrogen-bond donors (Lipinski definition) is 3. The molecule has 0 aliphatic carbocycles. The van der Waals surface area contributed by atoms with Crippen LogP contribution >= 0.6 is 11.6 Å². The van der Waals surface area contributed by atoms with Gasteiger partial charge in [0.1, 0.15) is 17.7 Å². The molecular weight excluding hydrogens is 334 g/mol. The van der Waals surface area contributed by atoms with Crippen LogP contribution in [0, 0.1) is 0 Å². The van der Waals surface area contributed by atoms with E-state index in [2.05, 4.69) is 20.3 Å². The molecule has 0 bridgehead atoms. The maximum atomic E-state index is 9.93. The molecule has 4 rings (SSSR count). The van der Waals surface area contributed by atoms with E-state index in [4.69, 9.17) is 16.3 Å². The monoisotopic (exact) mass is 347 g/mol. The first-order valence-corrected chi connectivity index (χ1v) is 7.80. The Labute approximate surface area is 141 Å². The van der Waals surface area contributed by atoms with Crippen LogP contribution in [0.3, 0.4) is 0 Å². The minimum atomic E-state index is -0.115. The zero-order valence-corrected chi connectivity index (χ0v) is 13.2. The van der Waals surface area contributed by atoms with E-state index in [9.17, 15) is 10.2 Å². The molecule has 2 aromatic heterocycles. The van der Waals surface area contributed by atoms with Crippen LogP contribution < -0.4 is 5.32 Å². The van der Waals surface area contributed by atoms with Crippen LogP contribution in [0.1, 0.15) is 19.1 Å². The number of imidazole rings is 1. The van der Waals surface area contributed by atoms with Gasteiger partial charge in [0.15, 0.2) is 17.0 Å². The first kappa shape index (κ1) is 15.0. The Balaban J connectivity index is 1.77. The standard InChI is InChI=1S/C15H14ClN5O3/c16-15-19-13(18-9-4-3-8(22)6-10(9)23)12-14(20-15)21(7-17-12)11-2-1-5-24-11/h3-4,6-7,11,22-23H,1-2,5H2,(H,18,19,20). The fourth-order valence-electron chi connectivity index (χ4n) is 2.72. The number of fused-ring (bicyclic) bond motifs is 1. The van der Waals surface area contributed by atoms with Gasteiger partial charge < -0.3 is 20.3 Å². The Morgan fingerprint density at radius 1 is 1.29 bits per heavy atom. The van der Waals surface area contributed by atoms with Gasteiger partial charge in [0.2, 0.25) is 5.28 Å². The highest BCUT2D eigenvalue weighted by Crippen LogP contribution is 2.33. The first-order valence-electron chi connectivity index (χ1n) is 7.42. The van der Waals surface area contributed by atoms with Crippen molar-refractivity contribution in [2.45, 2.75) is 19.1 Å². The molecule has 3 heterocycles. The molecule has 3 N–H and O–H groups in total. The van der Waals surface area contributed by atoms with Crippen molar-refractivity contribution in [2.75, 3.05) is 11.9 Å². The van der Waals surface area contributed by atoms with Crippen molar-refractivity contribution in [1.29, 1.82) is 0 Å². The zero-order chi connectivity index (χ0) is 16.7. The molecule has 1 fully saturated rings. The number of halogens is 1. The number of benzene rings is 1. The molecule has 1 atom stereocenters. The number of aromatic hydroxyl groups is 2. The summed E-state index contributed by atoms with van der Waals surface area (Å²) in [5, 5.41) is 22.3. The summed E-state index contributed by atoms with van der Waals surface area (Å²) in [5.74, 6) is 0.214. The number of hydrogen-bond acceptors (Lipinski definition) is 7. The Hall–Kier alpha value is -2.58. The molecule has 1 saturated heterocycles. The van der Waals surface area contributed by atoms with Crippen molar-refractivity contribution >= 4 is 34.3 Å². The molecule has 0 amide bonds. The van der Waals surface area contributed by atoms with E-state index in [0.29, 0.717) is 29.3 Å². The number of nitrogens with one attached hydrogen (secondary N) is 1. The Bertz CT molecular complexity index is 908. The lowest BCUT2D eigenvalue weighted by molar-refractivity contribution is 0.0593. The molecule has 9 heteroatoms. The van der Waals surface area contributed by atoms with Crippen molar-refractivity contribution in [3.8, 4) is 11.5 Å². The normalized spacial score (nSPS) is 17.5. The predicted octanol–water partition coefficient (Wildman–Crippen LogP) is 2.94. The summed E-state index contributed by atoms with van der Waals surface area (Å²) in [7, 11) is 0. The zero-order valence-electron chi connectivity index (χ0n) is 12.5. The average Bonchev–Trinajstić information content (AvgIpc) is 3.18. The van der Waals surface area contributed by atoms with E-state index in [-0.39, 0.29) is 23.0 Å². The minimum absolute atomic E-state index is 0.0356. The minimum Gasteiger partial charge on any atom is -0.508 e. The number of nitrogens with zero attached hydrogens (tertiary/aromatic N) is 4. The van der Waals surface area contributed by atoms with E-state index >= 15 is 0 Å². The van der Waals surface area contributed by atoms with Gasteiger partial charge in [-0.1, -0.05) is 0 Å². The van der Waals surface area contributed by atoms with Crippen LogP contribution in [0.2, 0.25) is 5.28 Å². The van der Waals surface area contributed by atoms with Crippen molar-refractivity contribution < 1.29 is 14.9 Å². The summed E-state index contributed by atoms with van der Waals surface area (Å²) in [6.45, 7) is 0.704. The predicted molar refractivity (Wildman–Crippen MR) is 87.6 cm³/mol. The van der Waals surface area contributed by atoms with Gasteiger partial charge in [-0.2, -0.15) is 9.97 Å².